The highest BCUT2D eigenvalue weighted by Crippen LogP contribution is 2.27. The van der Waals surface area contributed by atoms with Crippen molar-refractivity contribution < 1.29 is 4.79 Å². The molecule has 0 atom stereocenters. The SMILES string of the molecule is CC1=C(N2CCN(C(=O)c3c(Cl)cccc3Cl)CC2)C=CC[CH]1. The number of hydrogen-bond donors (Lipinski definition) is 0. The van der Waals surface area contributed by atoms with Gasteiger partial charge in [-0.25, -0.2) is 0 Å². The van der Waals surface area contributed by atoms with Crippen molar-refractivity contribution in [3.63, 3.8) is 0 Å². The minimum absolute atomic E-state index is 0.0864. The van der Waals surface area contributed by atoms with Crippen LogP contribution in [0.25, 0.3) is 0 Å². The number of carbonyl (C=O) groups excluding carboxylic acids is 1. The van der Waals surface area contributed by atoms with Gasteiger partial charge in [-0.1, -0.05) is 35.3 Å². The maximum absolute atomic E-state index is 12.7. The fourth-order valence-electron chi connectivity index (χ4n) is 3.03. The Morgan fingerprint density at radius 1 is 1.09 bits per heavy atom. The Kier molecular flexibility index (Phi) is 4.98. The van der Waals surface area contributed by atoms with Gasteiger partial charge in [0.2, 0.25) is 0 Å². The second kappa shape index (κ2) is 6.98. The van der Waals surface area contributed by atoms with Crippen LogP contribution in [0, 0.1) is 6.42 Å². The Labute approximate surface area is 147 Å². The van der Waals surface area contributed by atoms with E-state index in [1.165, 1.54) is 11.3 Å². The zero-order valence-corrected chi connectivity index (χ0v) is 14.6. The summed E-state index contributed by atoms with van der Waals surface area (Å²) in [5.74, 6) is -0.0864. The first-order valence-corrected chi connectivity index (χ1v) is 8.52. The van der Waals surface area contributed by atoms with Crippen molar-refractivity contribution in [2.75, 3.05) is 26.2 Å². The van der Waals surface area contributed by atoms with Crippen molar-refractivity contribution in [2.24, 2.45) is 0 Å². The Morgan fingerprint density at radius 3 is 2.35 bits per heavy atom. The zero-order chi connectivity index (χ0) is 16.4. The van der Waals surface area contributed by atoms with Gasteiger partial charge in [-0.15, -0.1) is 0 Å². The lowest BCUT2D eigenvalue weighted by Gasteiger charge is -2.38. The van der Waals surface area contributed by atoms with Crippen LogP contribution in [0.4, 0.5) is 0 Å². The summed E-state index contributed by atoms with van der Waals surface area (Å²) < 4.78 is 0. The molecule has 23 heavy (non-hydrogen) atoms. The highest BCUT2D eigenvalue weighted by atomic mass is 35.5. The van der Waals surface area contributed by atoms with E-state index < -0.39 is 0 Å². The topological polar surface area (TPSA) is 23.6 Å². The third-order valence-corrected chi connectivity index (χ3v) is 4.95. The van der Waals surface area contributed by atoms with E-state index in [1.807, 2.05) is 4.90 Å². The van der Waals surface area contributed by atoms with Gasteiger partial charge in [0.1, 0.15) is 0 Å². The molecule has 0 bridgehead atoms. The molecule has 0 spiro atoms. The molecule has 1 aliphatic carbocycles. The molecular weight excluding hydrogens is 331 g/mol. The van der Waals surface area contributed by atoms with E-state index in [-0.39, 0.29) is 5.91 Å². The average Bonchev–Trinajstić information content (AvgIpc) is 2.55. The molecule has 1 heterocycles. The fourth-order valence-corrected chi connectivity index (χ4v) is 3.59. The van der Waals surface area contributed by atoms with Gasteiger partial charge in [0.05, 0.1) is 15.6 Å². The van der Waals surface area contributed by atoms with Crippen LogP contribution in [0.1, 0.15) is 23.7 Å². The van der Waals surface area contributed by atoms with E-state index in [1.54, 1.807) is 18.2 Å². The molecule has 1 amide bonds. The van der Waals surface area contributed by atoms with E-state index in [0.717, 1.165) is 19.5 Å². The summed E-state index contributed by atoms with van der Waals surface area (Å²) in [6.07, 6.45) is 7.58. The van der Waals surface area contributed by atoms with Gasteiger partial charge < -0.3 is 9.80 Å². The molecule has 3 rings (SSSR count). The van der Waals surface area contributed by atoms with Gasteiger partial charge in [0.15, 0.2) is 0 Å². The van der Waals surface area contributed by atoms with Crippen LogP contribution in [-0.4, -0.2) is 41.9 Å². The summed E-state index contributed by atoms with van der Waals surface area (Å²) >= 11 is 12.3. The van der Waals surface area contributed by atoms with E-state index in [0.29, 0.717) is 28.7 Å². The van der Waals surface area contributed by atoms with E-state index in [9.17, 15) is 4.79 Å². The third-order valence-electron chi connectivity index (χ3n) is 4.32. The lowest BCUT2D eigenvalue weighted by molar-refractivity contribution is 0.0672. The molecule has 3 nitrogen and oxygen atoms in total. The molecule has 0 unspecified atom stereocenters. The molecule has 121 valence electrons. The Morgan fingerprint density at radius 2 is 1.74 bits per heavy atom. The van der Waals surface area contributed by atoms with Crippen molar-refractivity contribution in [3.8, 4) is 0 Å². The summed E-state index contributed by atoms with van der Waals surface area (Å²) in [6, 6.07) is 5.15. The number of benzene rings is 1. The summed E-state index contributed by atoms with van der Waals surface area (Å²) in [5.41, 5.74) is 2.98. The Balaban J connectivity index is 1.70. The summed E-state index contributed by atoms with van der Waals surface area (Å²) in [6.45, 7) is 5.12. The highest BCUT2D eigenvalue weighted by molar-refractivity contribution is 6.39. The standard InChI is InChI=1S/C18H19Cl2N2O/c1-13-5-2-3-8-16(13)21-9-11-22(12-10-21)18(23)17-14(19)6-4-7-15(17)20/h3-8H,2,9-12H2,1H3. The van der Waals surface area contributed by atoms with Crippen LogP contribution in [0.5, 0.6) is 0 Å². The Bertz CT molecular complexity index is 653. The second-order valence-corrected chi connectivity index (χ2v) is 6.60. The normalized spacial score (nSPS) is 18.6. The molecule has 1 aromatic carbocycles. The van der Waals surface area contributed by atoms with Crippen LogP contribution in [0.15, 0.2) is 41.6 Å². The van der Waals surface area contributed by atoms with Gasteiger partial charge in [0, 0.05) is 31.9 Å². The van der Waals surface area contributed by atoms with Crippen LogP contribution in [-0.2, 0) is 0 Å². The number of hydrogen-bond acceptors (Lipinski definition) is 2. The van der Waals surface area contributed by atoms with Gasteiger partial charge in [-0.3, -0.25) is 4.79 Å². The number of rotatable bonds is 2. The molecule has 2 aliphatic rings. The van der Waals surface area contributed by atoms with Crippen molar-refractivity contribution in [1.29, 1.82) is 0 Å². The molecule has 0 aromatic heterocycles. The lowest BCUT2D eigenvalue weighted by atomic mass is 10.0. The molecule has 1 aromatic rings. The molecule has 1 fully saturated rings. The number of carbonyl (C=O) groups is 1. The first kappa shape index (κ1) is 16.4. The molecule has 0 N–H and O–H groups in total. The minimum Gasteiger partial charge on any atom is -0.368 e. The average molecular weight is 350 g/mol. The summed E-state index contributed by atoms with van der Waals surface area (Å²) in [5, 5.41) is 0.821. The molecule has 1 saturated heterocycles. The summed E-state index contributed by atoms with van der Waals surface area (Å²) in [7, 11) is 0. The maximum atomic E-state index is 12.7. The summed E-state index contributed by atoms with van der Waals surface area (Å²) in [4.78, 5) is 16.9. The maximum Gasteiger partial charge on any atom is 0.257 e. The number of nitrogens with zero attached hydrogens (tertiary/aromatic N) is 2. The molecule has 1 aliphatic heterocycles. The first-order chi connectivity index (χ1) is 11.1. The molecule has 0 saturated carbocycles. The van der Waals surface area contributed by atoms with Gasteiger partial charge in [-0.05, 0) is 43.5 Å². The van der Waals surface area contributed by atoms with Gasteiger partial charge in [0.25, 0.3) is 5.91 Å². The third kappa shape index (κ3) is 3.41. The number of allylic oxidation sites excluding steroid dienone is 3. The molecular formula is C18H19Cl2N2O. The van der Waals surface area contributed by atoms with Crippen molar-refractivity contribution in [2.45, 2.75) is 13.3 Å². The van der Waals surface area contributed by atoms with Crippen LogP contribution < -0.4 is 0 Å². The quantitative estimate of drug-likeness (QED) is 0.799. The number of amides is 1. The number of halogens is 2. The van der Waals surface area contributed by atoms with Crippen LogP contribution in [0.2, 0.25) is 10.0 Å². The molecule has 5 heteroatoms. The van der Waals surface area contributed by atoms with Crippen LogP contribution >= 0.6 is 23.2 Å². The van der Waals surface area contributed by atoms with Crippen LogP contribution in [0.3, 0.4) is 0 Å². The van der Waals surface area contributed by atoms with E-state index >= 15 is 0 Å². The second-order valence-electron chi connectivity index (χ2n) is 5.79. The van der Waals surface area contributed by atoms with Gasteiger partial charge >= 0.3 is 0 Å². The van der Waals surface area contributed by atoms with Gasteiger partial charge in [-0.2, -0.15) is 0 Å². The largest absolute Gasteiger partial charge is 0.368 e. The van der Waals surface area contributed by atoms with Crippen molar-refractivity contribution in [1.82, 2.24) is 9.80 Å². The zero-order valence-electron chi connectivity index (χ0n) is 13.1. The van der Waals surface area contributed by atoms with Crippen molar-refractivity contribution in [3.05, 3.63) is 63.7 Å². The first-order valence-electron chi connectivity index (χ1n) is 7.77. The Hall–Kier alpha value is -1.45. The highest BCUT2D eigenvalue weighted by Gasteiger charge is 2.26. The predicted molar refractivity (Wildman–Crippen MR) is 94.7 cm³/mol. The van der Waals surface area contributed by atoms with E-state index in [2.05, 4.69) is 30.4 Å². The van der Waals surface area contributed by atoms with E-state index in [4.69, 9.17) is 23.2 Å². The predicted octanol–water partition coefficient (Wildman–Crippen LogP) is 4.19. The smallest absolute Gasteiger partial charge is 0.257 e. The minimum atomic E-state index is -0.0864. The monoisotopic (exact) mass is 349 g/mol. The molecule has 1 radical (unpaired) electrons. The van der Waals surface area contributed by atoms with Crippen molar-refractivity contribution >= 4 is 29.1 Å². The number of piperazine rings is 1. The fraction of sp³-hybridized carbons (Fsp3) is 0.333. The lowest BCUT2D eigenvalue weighted by Crippen LogP contribution is -2.48.